The summed E-state index contributed by atoms with van der Waals surface area (Å²) >= 11 is 0. The van der Waals surface area contributed by atoms with Crippen LogP contribution in [-0.4, -0.2) is 108 Å². The van der Waals surface area contributed by atoms with Crippen molar-refractivity contribution in [3.63, 3.8) is 0 Å². The summed E-state index contributed by atoms with van der Waals surface area (Å²) in [5.41, 5.74) is 0. The molecule has 0 aromatic carbocycles. The maximum Gasteiger partial charge on any atom is 0.472 e. The molecule has 9 N–H and O–H groups in total. The Balaban J connectivity index is 2.48. The van der Waals surface area contributed by atoms with Crippen LogP contribution in [0.3, 0.4) is 0 Å². The lowest BCUT2D eigenvalue weighted by Gasteiger charge is -2.41. The minimum absolute atomic E-state index is 0.253. The molecule has 0 radical (unpaired) electrons. The highest BCUT2D eigenvalue weighted by molar-refractivity contribution is 7.47. The summed E-state index contributed by atoms with van der Waals surface area (Å²) in [5, 5.41) is 74.7. The van der Waals surface area contributed by atoms with E-state index >= 15 is 0 Å². The number of carbonyl (C=O) groups excluding carboxylic acids is 1. The molecule has 8 unspecified atom stereocenters. The van der Waals surface area contributed by atoms with Gasteiger partial charge in [0.15, 0.2) is 0 Å². The van der Waals surface area contributed by atoms with Crippen LogP contribution in [0.4, 0.5) is 0 Å². The van der Waals surface area contributed by atoms with E-state index in [1.807, 2.05) is 0 Å². The number of rotatable bonds is 46. The van der Waals surface area contributed by atoms with Crippen molar-refractivity contribution in [3.05, 3.63) is 36.5 Å². The van der Waals surface area contributed by atoms with Crippen LogP contribution in [0.2, 0.25) is 0 Å². The Morgan fingerprint density at radius 2 is 0.868 bits per heavy atom. The largest absolute Gasteiger partial charge is 0.472 e. The molecule has 1 amide bonds. The van der Waals surface area contributed by atoms with Crippen molar-refractivity contribution in [2.45, 2.75) is 293 Å². The van der Waals surface area contributed by atoms with Gasteiger partial charge in [-0.1, -0.05) is 224 Å². The van der Waals surface area contributed by atoms with Gasteiger partial charge in [-0.2, -0.15) is 0 Å². The molecule has 1 aliphatic carbocycles. The van der Waals surface area contributed by atoms with Crippen molar-refractivity contribution in [2.24, 2.45) is 0 Å². The van der Waals surface area contributed by atoms with Crippen LogP contribution in [0.25, 0.3) is 0 Å². The van der Waals surface area contributed by atoms with Gasteiger partial charge in [0.25, 0.3) is 0 Å². The number of allylic oxidation sites excluding steroid dienone is 5. The number of aliphatic hydroxyl groups is 7. The number of unbranched alkanes of at least 4 members (excludes halogenated alkanes) is 29. The van der Waals surface area contributed by atoms with Gasteiger partial charge in [0, 0.05) is 0 Å². The first-order chi connectivity index (χ1) is 32.8. The highest BCUT2D eigenvalue weighted by atomic mass is 31.2. The number of phosphoric acid groups is 1. The molecule has 0 heterocycles. The van der Waals surface area contributed by atoms with Crippen molar-refractivity contribution in [3.8, 4) is 0 Å². The average molecular weight is 988 g/mol. The molecular weight excluding hydrogens is 886 g/mol. The fourth-order valence-corrected chi connectivity index (χ4v) is 9.71. The van der Waals surface area contributed by atoms with Crippen LogP contribution in [0, 0.1) is 0 Å². The first-order valence-electron chi connectivity index (χ1n) is 27.5. The van der Waals surface area contributed by atoms with Crippen LogP contribution in [0.15, 0.2) is 36.5 Å². The molecule has 8 atom stereocenters. The molecular formula is C54H102NO12P. The number of hydrogen-bond donors (Lipinski definition) is 9. The molecule has 0 bridgehead atoms. The lowest BCUT2D eigenvalue weighted by molar-refractivity contribution is -0.220. The van der Waals surface area contributed by atoms with E-state index in [2.05, 4.69) is 43.5 Å². The average Bonchev–Trinajstić information content (AvgIpc) is 3.31. The number of carbonyl (C=O) groups is 1. The Morgan fingerprint density at radius 3 is 1.29 bits per heavy atom. The van der Waals surface area contributed by atoms with Crippen molar-refractivity contribution < 1.29 is 59.0 Å². The Kier molecular flexibility index (Phi) is 40.9. The molecule has 0 saturated heterocycles. The second-order valence-corrected chi connectivity index (χ2v) is 21.0. The monoisotopic (exact) mass is 988 g/mol. The van der Waals surface area contributed by atoms with E-state index in [9.17, 15) is 50.0 Å². The number of hydrogen-bond acceptors (Lipinski definition) is 11. The highest BCUT2D eigenvalue weighted by Gasteiger charge is 2.51. The van der Waals surface area contributed by atoms with Crippen molar-refractivity contribution >= 4 is 13.7 Å². The fraction of sp³-hybridized carbons (Fsp3) is 0.870. The van der Waals surface area contributed by atoms with Gasteiger partial charge in [0.05, 0.1) is 31.3 Å². The number of phosphoric ester groups is 1. The van der Waals surface area contributed by atoms with Gasteiger partial charge in [-0.15, -0.1) is 0 Å². The van der Waals surface area contributed by atoms with Crippen molar-refractivity contribution in [1.82, 2.24) is 5.32 Å². The van der Waals surface area contributed by atoms with Crippen LogP contribution in [0.5, 0.6) is 0 Å². The first-order valence-corrected chi connectivity index (χ1v) is 29.0. The molecule has 13 nitrogen and oxygen atoms in total. The van der Waals surface area contributed by atoms with Crippen molar-refractivity contribution in [1.29, 1.82) is 0 Å². The molecule has 400 valence electrons. The minimum atomic E-state index is -5.16. The van der Waals surface area contributed by atoms with Gasteiger partial charge in [-0.05, 0) is 44.9 Å². The van der Waals surface area contributed by atoms with E-state index in [0.29, 0.717) is 19.3 Å². The zero-order chi connectivity index (χ0) is 50.1. The smallest absolute Gasteiger partial charge is 0.393 e. The van der Waals surface area contributed by atoms with Gasteiger partial charge in [0.2, 0.25) is 5.91 Å². The fourth-order valence-electron chi connectivity index (χ4n) is 8.74. The van der Waals surface area contributed by atoms with E-state index in [-0.39, 0.29) is 6.42 Å². The zero-order valence-corrected chi connectivity index (χ0v) is 43.7. The standard InChI is InChI=1S/C54H102NO12P/c1-3-5-7-9-11-13-15-17-19-21-23-25-27-29-31-33-35-37-39-41-45(56)43-48(58)55-46(44-66-68(64,65)67-54-52(62)50(60)49(59)51(61)53(54)63)47(57)42-40-38-36-34-32-30-28-26-24-22-20-18-16-14-12-10-8-6-4-2/h24,26,32,34,40,42,45-47,49-54,56-57,59-63H,3-23,25,27-31,33,35-39,41,43-44H2,1-2H3,(H,55,58)(H,64,65)/b26-24+,34-32+,42-40+. The summed E-state index contributed by atoms with van der Waals surface area (Å²) < 4.78 is 22.9. The summed E-state index contributed by atoms with van der Waals surface area (Å²) in [7, 11) is -5.16. The van der Waals surface area contributed by atoms with E-state index in [4.69, 9.17) is 9.05 Å². The van der Waals surface area contributed by atoms with Crippen LogP contribution in [0.1, 0.15) is 239 Å². The van der Waals surface area contributed by atoms with Gasteiger partial charge in [-0.25, -0.2) is 4.57 Å². The van der Waals surface area contributed by atoms with E-state index < -0.39 is 75.2 Å². The van der Waals surface area contributed by atoms with Crippen molar-refractivity contribution in [2.75, 3.05) is 6.61 Å². The highest BCUT2D eigenvalue weighted by Crippen LogP contribution is 2.47. The Morgan fingerprint density at radius 1 is 0.515 bits per heavy atom. The second-order valence-electron chi connectivity index (χ2n) is 19.6. The topological polar surface area (TPSA) is 226 Å². The summed E-state index contributed by atoms with van der Waals surface area (Å²) in [4.78, 5) is 23.5. The SMILES string of the molecule is CCCCCCCCCCC/C=C/CC/C=C/CC/C=C/C(O)C(COP(=O)(O)OC1C(O)C(O)C(O)C(O)C1O)NC(=O)CC(O)CCCCCCCCCCCCCCCCCCCCC. The minimum Gasteiger partial charge on any atom is -0.393 e. The number of amides is 1. The third-order valence-electron chi connectivity index (χ3n) is 13.2. The molecule has 1 fully saturated rings. The Labute approximate surface area is 413 Å². The normalized spacial score (nSPS) is 22.3. The van der Waals surface area contributed by atoms with Gasteiger partial charge in [-0.3, -0.25) is 13.8 Å². The molecule has 0 aromatic rings. The van der Waals surface area contributed by atoms with Crippen LogP contribution < -0.4 is 5.32 Å². The second kappa shape index (κ2) is 43.1. The Hall–Kier alpha value is -1.48. The van der Waals surface area contributed by atoms with Gasteiger partial charge >= 0.3 is 7.82 Å². The lowest BCUT2D eigenvalue weighted by Crippen LogP contribution is -2.64. The molecule has 0 spiro atoms. The molecule has 1 saturated carbocycles. The van der Waals surface area contributed by atoms with Crippen LogP contribution >= 0.6 is 7.82 Å². The molecule has 14 heteroatoms. The molecule has 0 aliphatic heterocycles. The maximum atomic E-state index is 13.1. The van der Waals surface area contributed by atoms with E-state index in [0.717, 1.165) is 44.9 Å². The lowest BCUT2D eigenvalue weighted by atomic mass is 9.85. The number of nitrogens with one attached hydrogen (secondary N) is 1. The third-order valence-corrected chi connectivity index (χ3v) is 14.2. The molecule has 1 rings (SSSR count). The Bertz CT molecular complexity index is 1300. The quantitative estimate of drug-likeness (QED) is 0.0158. The van der Waals surface area contributed by atoms with E-state index in [1.165, 1.54) is 160 Å². The zero-order valence-electron chi connectivity index (χ0n) is 42.8. The summed E-state index contributed by atoms with van der Waals surface area (Å²) in [5.74, 6) is -0.603. The van der Waals surface area contributed by atoms with Gasteiger partial charge < -0.3 is 46.0 Å². The number of aliphatic hydroxyl groups excluding tert-OH is 7. The molecule has 1 aliphatic rings. The third kappa shape index (κ3) is 34.0. The first kappa shape index (κ1) is 64.5. The molecule has 0 aromatic heterocycles. The van der Waals surface area contributed by atoms with Crippen LogP contribution in [-0.2, 0) is 18.4 Å². The maximum absolute atomic E-state index is 13.1. The summed E-state index contributed by atoms with van der Waals surface area (Å²) in [6, 6.07) is -1.26. The summed E-state index contributed by atoms with van der Waals surface area (Å²) in [6.45, 7) is 3.76. The van der Waals surface area contributed by atoms with Gasteiger partial charge in [0.1, 0.15) is 36.6 Å². The summed E-state index contributed by atoms with van der Waals surface area (Å²) in [6.07, 6.45) is 38.0. The molecule has 68 heavy (non-hydrogen) atoms. The predicted molar refractivity (Wildman–Crippen MR) is 275 cm³/mol. The van der Waals surface area contributed by atoms with E-state index in [1.54, 1.807) is 6.08 Å². The predicted octanol–water partition coefficient (Wildman–Crippen LogP) is 10.9.